The summed E-state index contributed by atoms with van der Waals surface area (Å²) in [5.41, 5.74) is 0.0391. The third-order valence-electron chi connectivity index (χ3n) is 4.53. The Hall–Kier alpha value is -2.56. The number of aryl methyl sites for hydroxylation is 1. The van der Waals surface area contributed by atoms with Crippen LogP contribution in [0.2, 0.25) is 6.32 Å². The first kappa shape index (κ1) is 19.2. The number of carboxylic acids is 1. The average Bonchev–Trinajstić information content (AvgIpc) is 3.08. The Morgan fingerprint density at radius 1 is 1.30 bits per heavy atom. The number of ether oxygens (including phenoxy) is 1. The van der Waals surface area contributed by atoms with Crippen LogP contribution in [0.15, 0.2) is 30.6 Å². The molecule has 0 radical (unpaired) electrons. The summed E-state index contributed by atoms with van der Waals surface area (Å²) in [7, 11) is -1.52. The highest BCUT2D eigenvalue weighted by atomic mass is 16.5. The Morgan fingerprint density at radius 3 is 2.70 bits per heavy atom. The minimum atomic E-state index is -1.52. The number of aromatic nitrogens is 2. The van der Waals surface area contributed by atoms with Gasteiger partial charge >= 0.3 is 13.1 Å². The van der Waals surface area contributed by atoms with Crippen LogP contribution < -0.4 is 4.74 Å². The molecule has 0 spiro atoms. The van der Waals surface area contributed by atoms with Crippen molar-refractivity contribution in [2.24, 2.45) is 0 Å². The van der Waals surface area contributed by atoms with Crippen LogP contribution in [0, 0.1) is 0 Å². The van der Waals surface area contributed by atoms with Crippen LogP contribution in [0.3, 0.4) is 0 Å². The monoisotopic (exact) mass is 375 g/mol. The van der Waals surface area contributed by atoms with Crippen molar-refractivity contribution >= 4 is 13.1 Å². The molecule has 0 aliphatic carbocycles. The Morgan fingerprint density at radius 2 is 2.07 bits per heavy atom. The molecule has 1 fully saturated rings. The Bertz CT molecular complexity index is 777. The maximum absolute atomic E-state index is 11.6. The summed E-state index contributed by atoms with van der Waals surface area (Å²) >= 11 is 0. The highest BCUT2D eigenvalue weighted by molar-refractivity contribution is 6.41. The molecular formula is C17H22BN3O6. The molecule has 1 aromatic carbocycles. The summed E-state index contributed by atoms with van der Waals surface area (Å²) in [4.78, 5) is 13.7. The molecule has 9 nitrogen and oxygen atoms in total. The molecule has 144 valence electrons. The molecule has 0 unspecified atom stereocenters. The zero-order chi connectivity index (χ0) is 19.4. The molecule has 0 amide bonds. The van der Waals surface area contributed by atoms with Gasteiger partial charge in [-0.25, -0.2) is 4.79 Å². The van der Waals surface area contributed by atoms with E-state index in [0.717, 1.165) is 13.1 Å². The lowest BCUT2D eigenvalue weighted by Crippen LogP contribution is -2.54. The minimum absolute atomic E-state index is 0.000655. The van der Waals surface area contributed by atoms with Gasteiger partial charge in [0.1, 0.15) is 23.2 Å². The third-order valence-corrected chi connectivity index (χ3v) is 4.53. The van der Waals surface area contributed by atoms with Crippen LogP contribution in [0.25, 0.3) is 0 Å². The topological polar surface area (TPSA) is 128 Å². The molecule has 1 aliphatic rings. The summed E-state index contributed by atoms with van der Waals surface area (Å²) in [6.07, 6.45) is 3.63. The molecule has 1 aromatic heterocycles. The molecule has 1 aliphatic heterocycles. The van der Waals surface area contributed by atoms with Crippen molar-refractivity contribution in [1.82, 2.24) is 14.7 Å². The van der Waals surface area contributed by atoms with Crippen molar-refractivity contribution < 1.29 is 29.8 Å². The number of aromatic carboxylic acids is 1. The molecule has 1 saturated heterocycles. The Labute approximate surface area is 156 Å². The van der Waals surface area contributed by atoms with Crippen LogP contribution in [-0.2, 0) is 13.0 Å². The lowest BCUT2D eigenvalue weighted by molar-refractivity contribution is 0.0163. The number of aromatic hydroxyl groups is 1. The van der Waals surface area contributed by atoms with E-state index in [1.54, 1.807) is 12.3 Å². The summed E-state index contributed by atoms with van der Waals surface area (Å²) in [5.74, 6) is -1.57. The van der Waals surface area contributed by atoms with Crippen molar-refractivity contribution in [2.75, 3.05) is 19.6 Å². The lowest BCUT2D eigenvalue weighted by atomic mass is 9.82. The van der Waals surface area contributed by atoms with E-state index in [1.165, 1.54) is 6.07 Å². The number of hydrogen-bond acceptors (Lipinski definition) is 7. The van der Waals surface area contributed by atoms with Gasteiger partial charge in [0, 0.05) is 32.0 Å². The standard InChI is InChI=1S/C17H22BN3O6/c22-16-12(4-5-18(25)26)2-3-14(15(16)17(23)24)27-13-10-20(11-13)8-9-21-7-1-6-19-21/h1-3,6-7,13,22,25-26H,4-5,8-11H2,(H,23,24). The first-order valence-corrected chi connectivity index (χ1v) is 8.74. The third kappa shape index (κ3) is 4.79. The predicted octanol–water partition coefficient (Wildman–Crippen LogP) is 0.0654. The molecule has 10 heteroatoms. The normalized spacial score (nSPS) is 14.7. The highest BCUT2D eigenvalue weighted by Gasteiger charge is 2.30. The fraction of sp³-hybridized carbons (Fsp3) is 0.412. The molecule has 4 N–H and O–H groups in total. The van der Waals surface area contributed by atoms with Gasteiger partial charge in [0.25, 0.3) is 0 Å². The number of rotatable bonds is 9. The van der Waals surface area contributed by atoms with E-state index in [-0.39, 0.29) is 30.2 Å². The second-order valence-corrected chi connectivity index (χ2v) is 6.54. The summed E-state index contributed by atoms with van der Waals surface area (Å²) in [6, 6.07) is 4.93. The zero-order valence-electron chi connectivity index (χ0n) is 14.7. The van der Waals surface area contributed by atoms with E-state index in [1.807, 2.05) is 16.9 Å². The number of benzene rings is 1. The maximum Gasteiger partial charge on any atom is 0.451 e. The second kappa shape index (κ2) is 8.42. The Kier molecular flexibility index (Phi) is 5.99. The number of carbonyl (C=O) groups is 1. The van der Waals surface area contributed by atoms with E-state index in [0.29, 0.717) is 18.7 Å². The van der Waals surface area contributed by atoms with E-state index < -0.39 is 18.8 Å². The van der Waals surface area contributed by atoms with Crippen molar-refractivity contribution in [3.8, 4) is 11.5 Å². The van der Waals surface area contributed by atoms with Gasteiger partial charge in [-0.3, -0.25) is 9.58 Å². The minimum Gasteiger partial charge on any atom is -0.507 e. The molecule has 27 heavy (non-hydrogen) atoms. The lowest BCUT2D eigenvalue weighted by Gasteiger charge is -2.39. The van der Waals surface area contributed by atoms with Gasteiger partial charge in [-0.2, -0.15) is 5.10 Å². The van der Waals surface area contributed by atoms with Crippen LogP contribution >= 0.6 is 0 Å². The van der Waals surface area contributed by atoms with Crippen LogP contribution in [0.5, 0.6) is 11.5 Å². The van der Waals surface area contributed by atoms with Gasteiger partial charge in [0.2, 0.25) is 0 Å². The van der Waals surface area contributed by atoms with Crippen molar-refractivity contribution in [3.63, 3.8) is 0 Å². The zero-order valence-corrected chi connectivity index (χ0v) is 14.7. The first-order chi connectivity index (χ1) is 12.9. The van der Waals surface area contributed by atoms with E-state index >= 15 is 0 Å². The van der Waals surface area contributed by atoms with Crippen LogP contribution in [-0.4, -0.2) is 73.8 Å². The van der Waals surface area contributed by atoms with Gasteiger partial charge in [-0.1, -0.05) is 6.07 Å². The van der Waals surface area contributed by atoms with E-state index in [4.69, 9.17) is 14.8 Å². The smallest absolute Gasteiger partial charge is 0.451 e. The quantitative estimate of drug-likeness (QED) is 0.453. The molecule has 2 aromatic rings. The van der Waals surface area contributed by atoms with Crippen molar-refractivity contribution in [1.29, 1.82) is 0 Å². The first-order valence-electron chi connectivity index (χ1n) is 8.74. The second-order valence-electron chi connectivity index (χ2n) is 6.54. The number of nitrogens with zero attached hydrogens (tertiary/aromatic N) is 3. The maximum atomic E-state index is 11.6. The summed E-state index contributed by atoms with van der Waals surface area (Å²) < 4.78 is 7.61. The van der Waals surface area contributed by atoms with Crippen LogP contribution in [0.1, 0.15) is 15.9 Å². The SMILES string of the molecule is O=C(O)c1c(OC2CN(CCn3cccn3)C2)ccc(CCB(O)O)c1O. The van der Waals surface area contributed by atoms with E-state index in [9.17, 15) is 15.0 Å². The van der Waals surface area contributed by atoms with Crippen LogP contribution in [0.4, 0.5) is 0 Å². The number of phenols is 1. The largest absolute Gasteiger partial charge is 0.507 e. The van der Waals surface area contributed by atoms with Gasteiger partial charge in [-0.05, 0) is 30.4 Å². The fourth-order valence-electron chi connectivity index (χ4n) is 3.04. The summed E-state index contributed by atoms with van der Waals surface area (Å²) in [5, 5.41) is 41.7. The molecule has 3 rings (SSSR count). The molecular weight excluding hydrogens is 353 g/mol. The predicted molar refractivity (Wildman–Crippen MR) is 96.9 cm³/mol. The van der Waals surface area contributed by atoms with Crippen molar-refractivity contribution in [2.45, 2.75) is 25.4 Å². The Balaban J connectivity index is 1.58. The number of likely N-dealkylation sites (tertiary alicyclic amines) is 1. The van der Waals surface area contributed by atoms with Gasteiger partial charge in [0.05, 0.1) is 6.54 Å². The molecule has 0 saturated carbocycles. The van der Waals surface area contributed by atoms with E-state index in [2.05, 4.69) is 10.00 Å². The van der Waals surface area contributed by atoms with Gasteiger partial charge in [0.15, 0.2) is 0 Å². The van der Waals surface area contributed by atoms with Crippen molar-refractivity contribution in [3.05, 3.63) is 41.7 Å². The summed E-state index contributed by atoms with van der Waals surface area (Å²) in [6.45, 7) is 2.92. The highest BCUT2D eigenvalue weighted by Crippen LogP contribution is 2.33. The average molecular weight is 375 g/mol. The fourth-order valence-corrected chi connectivity index (χ4v) is 3.04. The van der Waals surface area contributed by atoms with Gasteiger partial charge in [-0.15, -0.1) is 0 Å². The molecule has 2 heterocycles. The number of carboxylic acid groups (broad SMARTS) is 1. The number of hydrogen-bond donors (Lipinski definition) is 4. The molecule has 0 atom stereocenters. The van der Waals surface area contributed by atoms with Gasteiger partial charge < -0.3 is 25.0 Å². The molecule has 0 bridgehead atoms.